The fourth-order valence-electron chi connectivity index (χ4n) is 1.44. The fraction of sp³-hybridized carbons (Fsp3) is 0.167. The summed E-state index contributed by atoms with van der Waals surface area (Å²) in [7, 11) is 0. The monoisotopic (exact) mass is 251 g/mol. The van der Waals surface area contributed by atoms with Crippen LogP contribution < -0.4 is 10.5 Å². The summed E-state index contributed by atoms with van der Waals surface area (Å²) in [4.78, 5) is 7.98. The predicted octanol–water partition coefficient (Wildman–Crippen LogP) is 2.40. The average Bonchev–Trinajstić information content (AvgIpc) is 2.36. The number of halogens is 2. The number of nitrogen functional groups attached to an aromatic ring is 1. The van der Waals surface area contributed by atoms with Crippen LogP contribution in [0.3, 0.4) is 0 Å². The number of hydrogen-bond donors (Lipinski definition) is 1. The van der Waals surface area contributed by atoms with Crippen LogP contribution >= 0.6 is 0 Å². The van der Waals surface area contributed by atoms with Gasteiger partial charge in [0, 0.05) is 5.56 Å². The molecule has 2 N–H and O–H groups in total. The Morgan fingerprint density at radius 3 is 2.50 bits per heavy atom. The van der Waals surface area contributed by atoms with Gasteiger partial charge in [-0.2, -0.15) is 0 Å². The summed E-state index contributed by atoms with van der Waals surface area (Å²) >= 11 is 0. The van der Waals surface area contributed by atoms with Gasteiger partial charge in [-0.05, 0) is 19.1 Å². The third-order valence-electron chi connectivity index (χ3n) is 2.28. The van der Waals surface area contributed by atoms with E-state index in [2.05, 4.69) is 9.97 Å². The summed E-state index contributed by atoms with van der Waals surface area (Å²) in [5, 5.41) is 0. The van der Waals surface area contributed by atoms with Crippen molar-refractivity contribution in [3.63, 3.8) is 0 Å². The Morgan fingerprint density at radius 2 is 1.89 bits per heavy atom. The van der Waals surface area contributed by atoms with Gasteiger partial charge in [0.05, 0.1) is 24.7 Å². The highest BCUT2D eigenvalue weighted by Crippen LogP contribution is 2.24. The number of benzene rings is 1. The van der Waals surface area contributed by atoms with E-state index in [0.29, 0.717) is 18.2 Å². The molecule has 1 aromatic carbocycles. The maximum atomic E-state index is 13.3. The molecule has 94 valence electrons. The highest BCUT2D eigenvalue weighted by molar-refractivity contribution is 5.62. The zero-order valence-electron chi connectivity index (χ0n) is 9.65. The Bertz CT molecular complexity index is 552. The van der Waals surface area contributed by atoms with Crippen molar-refractivity contribution in [3.8, 4) is 17.1 Å². The lowest BCUT2D eigenvalue weighted by Crippen LogP contribution is -1.99. The number of hydrogen-bond acceptors (Lipinski definition) is 4. The van der Waals surface area contributed by atoms with Crippen LogP contribution in [0.25, 0.3) is 11.3 Å². The van der Waals surface area contributed by atoms with Crippen LogP contribution in [0.15, 0.2) is 24.5 Å². The second-order valence-electron chi connectivity index (χ2n) is 3.53. The van der Waals surface area contributed by atoms with Gasteiger partial charge < -0.3 is 10.5 Å². The van der Waals surface area contributed by atoms with Crippen molar-refractivity contribution < 1.29 is 13.5 Å². The number of nitrogens with two attached hydrogens (primary N) is 1. The molecule has 0 spiro atoms. The van der Waals surface area contributed by atoms with Crippen LogP contribution in [0.1, 0.15) is 6.92 Å². The molecule has 0 amide bonds. The van der Waals surface area contributed by atoms with Gasteiger partial charge in [0.25, 0.3) is 0 Å². The molecule has 0 aliphatic carbocycles. The Morgan fingerprint density at radius 1 is 1.22 bits per heavy atom. The van der Waals surface area contributed by atoms with Crippen molar-refractivity contribution in [2.75, 3.05) is 12.3 Å². The summed E-state index contributed by atoms with van der Waals surface area (Å²) in [5.41, 5.74) is 5.26. The number of rotatable bonds is 3. The van der Waals surface area contributed by atoms with E-state index in [9.17, 15) is 8.78 Å². The summed E-state index contributed by atoms with van der Waals surface area (Å²) in [6, 6.07) is 2.22. The molecule has 2 aromatic rings. The van der Waals surface area contributed by atoms with Gasteiger partial charge in [-0.3, -0.25) is 4.98 Å². The van der Waals surface area contributed by atoms with Gasteiger partial charge >= 0.3 is 0 Å². The molecular weight excluding hydrogens is 240 g/mol. The molecule has 2 rings (SSSR count). The van der Waals surface area contributed by atoms with E-state index < -0.39 is 17.3 Å². The molecule has 0 aliphatic rings. The molecule has 4 nitrogen and oxygen atoms in total. The molecule has 0 saturated heterocycles. The number of nitrogens with zero attached hydrogens (tertiary/aromatic N) is 2. The van der Waals surface area contributed by atoms with Crippen LogP contribution in [0.5, 0.6) is 5.88 Å². The third-order valence-corrected chi connectivity index (χ3v) is 2.28. The Labute approximate surface area is 102 Å². The molecule has 0 bridgehead atoms. The van der Waals surface area contributed by atoms with Crippen LogP contribution in [-0.4, -0.2) is 16.6 Å². The molecule has 0 atom stereocenters. The van der Waals surface area contributed by atoms with Gasteiger partial charge in [-0.25, -0.2) is 13.8 Å². The van der Waals surface area contributed by atoms with Crippen molar-refractivity contribution in [1.82, 2.24) is 9.97 Å². The first-order chi connectivity index (χ1) is 8.61. The van der Waals surface area contributed by atoms with Crippen LogP contribution in [-0.2, 0) is 0 Å². The number of ether oxygens (including phenoxy) is 1. The Kier molecular flexibility index (Phi) is 3.36. The molecule has 0 aliphatic heterocycles. The van der Waals surface area contributed by atoms with E-state index in [1.54, 1.807) is 6.92 Å². The van der Waals surface area contributed by atoms with Gasteiger partial charge in [0.1, 0.15) is 17.3 Å². The predicted molar refractivity (Wildman–Crippen MR) is 63.0 cm³/mol. The molecule has 1 aromatic heterocycles. The summed E-state index contributed by atoms with van der Waals surface area (Å²) in [6.07, 6.45) is 2.82. The van der Waals surface area contributed by atoms with Crippen LogP contribution in [0.4, 0.5) is 14.5 Å². The van der Waals surface area contributed by atoms with Gasteiger partial charge in [-0.15, -0.1) is 0 Å². The van der Waals surface area contributed by atoms with E-state index in [1.807, 2.05) is 0 Å². The Hall–Kier alpha value is -2.24. The lowest BCUT2D eigenvalue weighted by molar-refractivity contribution is 0.325. The maximum absolute atomic E-state index is 13.3. The molecule has 6 heteroatoms. The molecular formula is C12H11F2N3O. The zero-order chi connectivity index (χ0) is 13.1. The summed E-state index contributed by atoms with van der Waals surface area (Å²) < 4.78 is 31.8. The first kappa shape index (κ1) is 12.2. The normalized spacial score (nSPS) is 10.4. The summed E-state index contributed by atoms with van der Waals surface area (Å²) in [5.74, 6) is -1.35. The van der Waals surface area contributed by atoms with E-state index in [1.165, 1.54) is 12.4 Å². The van der Waals surface area contributed by atoms with Crippen LogP contribution in [0.2, 0.25) is 0 Å². The molecule has 0 unspecified atom stereocenters. The summed E-state index contributed by atoms with van der Waals surface area (Å²) in [6.45, 7) is 2.24. The quantitative estimate of drug-likeness (QED) is 0.851. The highest BCUT2D eigenvalue weighted by Gasteiger charge is 2.10. The minimum Gasteiger partial charge on any atom is -0.477 e. The minimum atomic E-state index is -0.825. The van der Waals surface area contributed by atoms with Gasteiger partial charge in [0.2, 0.25) is 5.88 Å². The van der Waals surface area contributed by atoms with Crippen LogP contribution in [0, 0.1) is 11.6 Å². The Balaban J connectivity index is 2.45. The maximum Gasteiger partial charge on any atom is 0.232 e. The van der Waals surface area contributed by atoms with E-state index in [-0.39, 0.29) is 5.56 Å². The molecule has 0 radical (unpaired) electrons. The molecule has 0 saturated carbocycles. The first-order valence-electron chi connectivity index (χ1n) is 5.31. The second-order valence-corrected chi connectivity index (χ2v) is 3.53. The number of aromatic nitrogens is 2. The topological polar surface area (TPSA) is 61.0 Å². The van der Waals surface area contributed by atoms with Gasteiger partial charge in [0.15, 0.2) is 0 Å². The van der Waals surface area contributed by atoms with E-state index in [0.717, 1.165) is 12.1 Å². The zero-order valence-corrected chi connectivity index (χ0v) is 9.65. The first-order valence-corrected chi connectivity index (χ1v) is 5.31. The fourth-order valence-corrected chi connectivity index (χ4v) is 1.44. The smallest absolute Gasteiger partial charge is 0.232 e. The van der Waals surface area contributed by atoms with E-state index >= 15 is 0 Å². The van der Waals surface area contributed by atoms with E-state index in [4.69, 9.17) is 10.5 Å². The van der Waals surface area contributed by atoms with Crippen molar-refractivity contribution in [2.45, 2.75) is 6.92 Å². The number of anilines is 1. The molecule has 1 heterocycles. The van der Waals surface area contributed by atoms with Crippen molar-refractivity contribution in [2.24, 2.45) is 0 Å². The van der Waals surface area contributed by atoms with Crippen molar-refractivity contribution >= 4 is 5.69 Å². The molecule has 18 heavy (non-hydrogen) atoms. The minimum absolute atomic E-state index is 0.258. The van der Waals surface area contributed by atoms with Crippen molar-refractivity contribution in [1.29, 1.82) is 0 Å². The van der Waals surface area contributed by atoms with Crippen molar-refractivity contribution in [3.05, 3.63) is 36.2 Å². The lowest BCUT2D eigenvalue weighted by Gasteiger charge is -2.06. The van der Waals surface area contributed by atoms with Gasteiger partial charge in [-0.1, -0.05) is 0 Å². The third kappa shape index (κ3) is 2.37. The molecule has 0 fully saturated rings. The largest absolute Gasteiger partial charge is 0.477 e. The SMILES string of the molecule is CCOc1cncc(-c2cc(F)c(N)c(F)c2)n1. The average molecular weight is 251 g/mol. The second kappa shape index (κ2) is 4.95. The standard InChI is InChI=1S/C12H11F2N3O/c1-2-18-11-6-16-5-10(17-11)7-3-8(13)12(15)9(14)4-7/h3-6H,2,15H2,1H3. The highest BCUT2D eigenvalue weighted by atomic mass is 19.1. The lowest BCUT2D eigenvalue weighted by atomic mass is 10.1.